The van der Waals surface area contributed by atoms with Crippen LogP contribution in [0.2, 0.25) is 0 Å². The average molecular weight is 697 g/mol. The molecule has 8 nitrogen and oxygen atoms in total. The van der Waals surface area contributed by atoms with Gasteiger partial charge >= 0.3 is 12.1 Å². The summed E-state index contributed by atoms with van der Waals surface area (Å²) in [5, 5.41) is 5.67. The number of ketones is 2. The molecular weight excluding hydrogens is 637 g/mol. The van der Waals surface area contributed by atoms with Gasteiger partial charge in [-0.15, -0.1) is 0 Å². The molecule has 1 rings (SSSR count). The number of rotatable bonds is 28. The van der Waals surface area contributed by atoms with Crippen LogP contribution in [0, 0.1) is 5.92 Å². The minimum absolute atomic E-state index is 0.0232. The number of unbranched alkanes of at least 4 members (excludes halogenated alkanes) is 15. The third-order valence-corrected chi connectivity index (χ3v) is 8.74. The highest BCUT2D eigenvalue weighted by Gasteiger charge is 2.39. The van der Waals surface area contributed by atoms with Gasteiger partial charge in [0.05, 0.1) is 12.8 Å². The Morgan fingerprint density at radius 3 is 1.67 bits per heavy atom. The molecule has 1 aromatic rings. The standard InChI is InChI=1S/C38H59F3N2O6/c1-4-6-7-8-9-10-11-12-13-14-15-16-17-18-19-20-27-42-37(48)36(29(3)5-2)43-34(46)25-26-35(47)49-31-23-21-30(22-24-31)32(44)28-33(45)38(39,40)41/h21-24,29,36H,4-20,25-28H2,1-3H3,(H,42,48)(H,43,46)/t29-,36-/m0/s1. The summed E-state index contributed by atoms with van der Waals surface area (Å²) in [6.07, 6.45) is 14.1. The van der Waals surface area contributed by atoms with Crippen LogP contribution in [0.5, 0.6) is 5.75 Å². The van der Waals surface area contributed by atoms with Gasteiger partial charge < -0.3 is 15.4 Å². The Kier molecular flexibility index (Phi) is 23.0. The molecule has 0 fully saturated rings. The lowest BCUT2D eigenvalue weighted by atomic mass is 9.98. The summed E-state index contributed by atoms with van der Waals surface area (Å²) < 4.78 is 42.3. The molecule has 0 aliphatic heterocycles. The van der Waals surface area contributed by atoms with E-state index in [4.69, 9.17) is 4.74 Å². The van der Waals surface area contributed by atoms with Crippen molar-refractivity contribution in [1.82, 2.24) is 10.6 Å². The lowest BCUT2D eigenvalue weighted by Crippen LogP contribution is -2.50. The molecule has 278 valence electrons. The van der Waals surface area contributed by atoms with Gasteiger partial charge in [-0.1, -0.05) is 124 Å². The van der Waals surface area contributed by atoms with Crippen molar-refractivity contribution < 1.29 is 41.9 Å². The van der Waals surface area contributed by atoms with E-state index in [-0.39, 0.29) is 36.0 Å². The van der Waals surface area contributed by atoms with Gasteiger partial charge in [0.25, 0.3) is 0 Å². The van der Waals surface area contributed by atoms with E-state index in [2.05, 4.69) is 17.6 Å². The van der Waals surface area contributed by atoms with Crippen molar-refractivity contribution in [1.29, 1.82) is 0 Å². The molecule has 0 saturated carbocycles. The van der Waals surface area contributed by atoms with Crippen molar-refractivity contribution in [2.75, 3.05) is 6.54 Å². The topological polar surface area (TPSA) is 119 Å². The van der Waals surface area contributed by atoms with Crippen LogP contribution in [0.15, 0.2) is 24.3 Å². The minimum atomic E-state index is -5.10. The lowest BCUT2D eigenvalue weighted by molar-refractivity contribution is -0.170. The van der Waals surface area contributed by atoms with Crippen LogP contribution in [0.3, 0.4) is 0 Å². The number of halogens is 3. The molecule has 0 aromatic heterocycles. The number of benzene rings is 1. The van der Waals surface area contributed by atoms with E-state index in [1.165, 1.54) is 95.6 Å². The van der Waals surface area contributed by atoms with Crippen molar-refractivity contribution in [3.8, 4) is 5.75 Å². The summed E-state index contributed by atoms with van der Waals surface area (Å²) in [5.41, 5.74) is -0.138. The number of Topliss-reactive ketones (excluding diaryl/α,β-unsaturated/α-hetero) is 2. The second-order valence-electron chi connectivity index (χ2n) is 13.0. The number of hydrogen-bond donors (Lipinski definition) is 2. The number of hydrogen-bond acceptors (Lipinski definition) is 6. The van der Waals surface area contributed by atoms with Gasteiger partial charge in [-0.2, -0.15) is 13.2 Å². The van der Waals surface area contributed by atoms with Gasteiger partial charge in [-0.05, 0) is 36.6 Å². The number of esters is 1. The maximum atomic E-state index is 12.9. The number of ether oxygens (including phenoxy) is 1. The quantitative estimate of drug-likeness (QED) is 0.0297. The first-order valence-corrected chi connectivity index (χ1v) is 18.4. The zero-order valence-corrected chi connectivity index (χ0v) is 29.9. The maximum Gasteiger partial charge on any atom is 0.450 e. The molecular formula is C38H59F3N2O6. The van der Waals surface area contributed by atoms with E-state index >= 15 is 0 Å². The Labute approximate surface area is 291 Å². The Hall–Kier alpha value is -3.24. The van der Waals surface area contributed by atoms with Crippen LogP contribution in [-0.2, 0) is 19.2 Å². The molecule has 1 aromatic carbocycles. The fourth-order valence-corrected chi connectivity index (χ4v) is 5.40. The highest BCUT2D eigenvalue weighted by molar-refractivity contribution is 6.09. The van der Waals surface area contributed by atoms with Crippen LogP contribution in [-0.4, -0.2) is 48.1 Å². The first-order valence-electron chi connectivity index (χ1n) is 18.4. The van der Waals surface area contributed by atoms with Gasteiger partial charge in [-0.3, -0.25) is 24.0 Å². The van der Waals surface area contributed by atoms with Gasteiger partial charge in [0.15, 0.2) is 5.78 Å². The Bertz CT molecular complexity index is 1120. The van der Waals surface area contributed by atoms with E-state index in [0.29, 0.717) is 13.0 Å². The molecule has 0 unspecified atom stereocenters. The van der Waals surface area contributed by atoms with E-state index in [1.54, 1.807) is 0 Å². The first kappa shape index (κ1) is 43.8. The second kappa shape index (κ2) is 25.7. The number of amides is 2. The highest BCUT2D eigenvalue weighted by Crippen LogP contribution is 2.21. The monoisotopic (exact) mass is 696 g/mol. The van der Waals surface area contributed by atoms with Crippen LogP contribution >= 0.6 is 0 Å². The summed E-state index contributed by atoms with van der Waals surface area (Å²) in [5.74, 6) is -4.72. The second-order valence-corrected chi connectivity index (χ2v) is 13.0. The van der Waals surface area contributed by atoms with Crippen molar-refractivity contribution >= 4 is 29.4 Å². The molecule has 0 radical (unpaired) electrons. The first-order chi connectivity index (χ1) is 23.4. The molecule has 2 amide bonds. The smallest absolute Gasteiger partial charge is 0.427 e. The minimum Gasteiger partial charge on any atom is -0.427 e. The third-order valence-electron chi connectivity index (χ3n) is 8.74. The molecule has 0 aliphatic rings. The Balaban J connectivity index is 2.26. The van der Waals surface area contributed by atoms with Gasteiger partial charge in [-0.25, -0.2) is 0 Å². The SMILES string of the molecule is CCCCCCCCCCCCCCCCCCNC(=O)[C@@H](NC(=O)CCC(=O)Oc1ccc(C(=O)CC(=O)C(F)(F)F)cc1)[C@@H](C)CC. The molecule has 2 atom stereocenters. The Morgan fingerprint density at radius 2 is 1.20 bits per heavy atom. The van der Waals surface area contributed by atoms with Crippen LogP contribution < -0.4 is 15.4 Å². The summed E-state index contributed by atoms with van der Waals surface area (Å²) in [6.45, 7) is 6.59. The molecule has 49 heavy (non-hydrogen) atoms. The fourth-order valence-electron chi connectivity index (χ4n) is 5.40. The van der Waals surface area contributed by atoms with Crippen LogP contribution in [0.25, 0.3) is 0 Å². The normalized spacial score (nSPS) is 12.6. The molecule has 2 N–H and O–H groups in total. The molecule has 0 bridgehead atoms. The largest absolute Gasteiger partial charge is 0.450 e. The number of carbonyl (C=O) groups excluding carboxylic acids is 5. The highest BCUT2D eigenvalue weighted by atomic mass is 19.4. The molecule has 0 aliphatic carbocycles. The van der Waals surface area contributed by atoms with Crippen LogP contribution in [0.1, 0.15) is 160 Å². The summed E-state index contributed by atoms with van der Waals surface area (Å²) in [4.78, 5) is 60.7. The van der Waals surface area contributed by atoms with Gasteiger partial charge in [0, 0.05) is 18.5 Å². The predicted molar refractivity (Wildman–Crippen MR) is 185 cm³/mol. The third kappa shape index (κ3) is 20.8. The lowest BCUT2D eigenvalue weighted by Gasteiger charge is -2.23. The van der Waals surface area contributed by atoms with E-state index in [0.717, 1.165) is 31.4 Å². The maximum absolute atomic E-state index is 12.9. The zero-order valence-electron chi connectivity index (χ0n) is 29.9. The van der Waals surface area contributed by atoms with E-state index < -0.39 is 42.1 Å². The van der Waals surface area contributed by atoms with E-state index in [9.17, 15) is 37.1 Å². The van der Waals surface area contributed by atoms with Crippen molar-refractivity contribution in [2.45, 2.75) is 161 Å². The molecule has 0 spiro atoms. The number of carbonyl (C=O) groups is 5. The van der Waals surface area contributed by atoms with Gasteiger partial charge in [0.2, 0.25) is 17.6 Å². The van der Waals surface area contributed by atoms with E-state index in [1.807, 2.05) is 13.8 Å². The zero-order chi connectivity index (χ0) is 36.5. The van der Waals surface area contributed by atoms with Gasteiger partial charge in [0.1, 0.15) is 11.8 Å². The Morgan fingerprint density at radius 1 is 0.714 bits per heavy atom. The number of alkyl halides is 3. The van der Waals surface area contributed by atoms with Crippen LogP contribution in [0.4, 0.5) is 13.2 Å². The predicted octanol–water partition coefficient (Wildman–Crippen LogP) is 8.99. The van der Waals surface area contributed by atoms with Crippen molar-refractivity contribution in [2.24, 2.45) is 5.92 Å². The summed E-state index contributed by atoms with van der Waals surface area (Å²) >= 11 is 0. The fraction of sp³-hybridized carbons (Fsp3) is 0.711. The average Bonchev–Trinajstić information content (AvgIpc) is 3.07. The summed E-state index contributed by atoms with van der Waals surface area (Å²) in [7, 11) is 0. The molecule has 0 saturated heterocycles. The number of nitrogens with one attached hydrogen (secondary N) is 2. The summed E-state index contributed by atoms with van der Waals surface area (Å²) in [6, 6.07) is 3.99. The van der Waals surface area contributed by atoms with Crippen molar-refractivity contribution in [3.05, 3.63) is 29.8 Å². The molecule has 0 heterocycles. The van der Waals surface area contributed by atoms with Crippen molar-refractivity contribution in [3.63, 3.8) is 0 Å². The molecule has 11 heteroatoms.